The van der Waals surface area contributed by atoms with Gasteiger partial charge in [0.05, 0.1) is 12.6 Å². The lowest BCUT2D eigenvalue weighted by Crippen LogP contribution is -2.39. The van der Waals surface area contributed by atoms with Crippen molar-refractivity contribution in [2.24, 2.45) is 5.92 Å². The van der Waals surface area contributed by atoms with Crippen LogP contribution in [0.25, 0.3) is 0 Å². The van der Waals surface area contributed by atoms with Gasteiger partial charge in [0.25, 0.3) is 0 Å². The van der Waals surface area contributed by atoms with E-state index in [9.17, 15) is 4.79 Å². The zero-order valence-corrected chi connectivity index (χ0v) is 10.6. The van der Waals surface area contributed by atoms with Gasteiger partial charge in [-0.05, 0) is 24.3 Å². The summed E-state index contributed by atoms with van der Waals surface area (Å²) in [6.07, 6.45) is 1.95. The molecule has 98 valence electrons. The molecule has 0 radical (unpaired) electrons. The smallest absolute Gasteiger partial charge is 0.407 e. The van der Waals surface area contributed by atoms with Crippen LogP contribution in [0.1, 0.15) is 18.4 Å². The topological polar surface area (TPSA) is 47.6 Å². The van der Waals surface area contributed by atoms with E-state index in [1.54, 1.807) is 7.11 Å². The number of ether oxygens (including phenoxy) is 2. The summed E-state index contributed by atoms with van der Waals surface area (Å²) in [5, 5.41) is 2.86. The molecule has 1 amide bonds. The molecule has 1 atom stereocenters. The lowest BCUT2D eigenvalue weighted by atomic mass is 10.2. The van der Waals surface area contributed by atoms with E-state index in [2.05, 4.69) is 5.32 Å². The van der Waals surface area contributed by atoms with Crippen LogP contribution in [0.15, 0.2) is 30.3 Å². The first-order chi connectivity index (χ1) is 8.79. The van der Waals surface area contributed by atoms with E-state index in [0.717, 1.165) is 18.4 Å². The van der Waals surface area contributed by atoms with Crippen LogP contribution >= 0.6 is 0 Å². The van der Waals surface area contributed by atoms with E-state index in [1.807, 2.05) is 30.3 Å². The molecule has 0 aromatic heterocycles. The second-order valence-electron chi connectivity index (χ2n) is 4.61. The number of methoxy groups -OCH3 is 1. The van der Waals surface area contributed by atoms with E-state index >= 15 is 0 Å². The Hall–Kier alpha value is -1.55. The maximum absolute atomic E-state index is 11.6. The molecular formula is C14H19NO3. The van der Waals surface area contributed by atoms with Crippen LogP contribution in [0.5, 0.6) is 0 Å². The van der Waals surface area contributed by atoms with Gasteiger partial charge in [-0.25, -0.2) is 4.79 Å². The molecule has 1 N–H and O–H groups in total. The summed E-state index contributed by atoms with van der Waals surface area (Å²) in [4.78, 5) is 11.6. The average molecular weight is 249 g/mol. The van der Waals surface area contributed by atoms with Crippen LogP contribution in [-0.2, 0) is 16.1 Å². The van der Waals surface area contributed by atoms with E-state index in [1.165, 1.54) is 0 Å². The highest BCUT2D eigenvalue weighted by Crippen LogP contribution is 2.32. The SMILES string of the molecule is COC[C@@H](NC(=O)OCc1ccccc1)C1CC1. The van der Waals surface area contributed by atoms with Crippen molar-refractivity contribution in [1.82, 2.24) is 5.32 Å². The predicted molar refractivity (Wildman–Crippen MR) is 68.2 cm³/mol. The fourth-order valence-electron chi connectivity index (χ4n) is 1.89. The Balaban J connectivity index is 1.74. The Labute approximate surface area is 107 Å². The van der Waals surface area contributed by atoms with Crippen LogP contribution < -0.4 is 5.32 Å². The molecule has 0 heterocycles. The van der Waals surface area contributed by atoms with Crippen molar-refractivity contribution in [3.63, 3.8) is 0 Å². The van der Waals surface area contributed by atoms with Gasteiger partial charge in [0, 0.05) is 7.11 Å². The zero-order valence-electron chi connectivity index (χ0n) is 10.6. The van der Waals surface area contributed by atoms with Crippen molar-refractivity contribution in [2.45, 2.75) is 25.5 Å². The Kier molecular flexibility index (Phi) is 4.59. The number of rotatable bonds is 6. The molecule has 2 rings (SSSR count). The normalized spacial score (nSPS) is 16.1. The van der Waals surface area contributed by atoms with Gasteiger partial charge in [0.1, 0.15) is 6.61 Å². The van der Waals surface area contributed by atoms with Gasteiger partial charge >= 0.3 is 6.09 Å². The molecule has 1 saturated carbocycles. The van der Waals surface area contributed by atoms with Gasteiger partial charge in [0.15, 0.2) is 0 Å². The Morgan fingerprint density at radius 2 is 2.11 bits per heavy atom. The molecule has 4 heteroatoms. The third-order valence-electron chi connectivity index (χ3n) is 3.05. The Morgan fingerprint density at radius 1 is 1.39 bits per heavy atom. The molecule has 1 fully saturated rings. The number of hydrogen-bond donors (Lipinski definition) is 1. The van der Waals surface area contributed by atoms with Crippen molar-refractivity contribution in [3.8, 4) is 0 Å². The third-order valence-corrected chi connectivity index (χ3v) is 3.05. The largest absolute Gasteiger partial charge is 0.445 e. The Morgan fingerprint density at radius 3 is 2.72 bits per heavy atom. The van der Waals surface area contributed by atoms with Gasteiger partial charge in [0.2, 0.25) is 0 Å². The molecule has 0 aliphatic heterocycles. The van der Waals surface area contributed by atoms with Gasteiger partial charge in [-0.15, -0.1) is 0 Å². The van der Waals surface area contributed by atoms with E-state index < -0.39 is 0 Å². The van der Waals surface area contributed by atoms with Crippen molar-refractivity contribution < 1.29 is 14.3 Å². The first kappa shape index (κ1) is 12.9. The summed E-state index contributed by atoms with van der Waals surface area (Å²) < 4.78 is 10.3. The summed E-state index contributed by atoms with van der Waals surface area (Å²) in [6, 6.07) is 9.73. The third kappa shape index (κ3) is 4.04. The van der Waals surface area contributed by atoms with E-state index in [-0.39, 0.29) is 12.1 Å². The Bertz CT molecular complexity index is 376. The van der Waals surface area contributed by atoms with Crippen LogP contribution in [0.2, 0.25) is 0 Å². The van der Waals surface area contributed by atoms with Gasteiger partial charge in [-0.1, -0.05) is 30.3 Å². The quantitative estimate of drug-likeness (QED) is 0.841. The number of amides is 1. The molecule has 0 bridgehead atoms. The van der Waals surface area contributed by atoms with Crippen LogP contribution in [0, 0.1) is 5.92 Å². The number of benzene rings is 1. The molecule has 4 nitrogen and oxygen atoms in total. The van der Waals surface area contributed by atoms with Crippen LogP contribution in [0.3, 0.4) is 0 Å². The minimum Gasteiger partial charge on any atom is -0.445 e. The molecule has 0 spiro atoms. The van der Waals surface area contributed by atoms with Crippen LogP contribution in [0.4, 0.5) is 4.79 Å². The lowest BCUT2D eigenvalue weighted by molar-refractivity contribution is 0.116. The van der Waals surface area contributed by atoms with Crippen molar-refractivity contribution in [3.05, 3.63) is 35.9 Å². The summed E-state index contributed by atoms with van der Waals surface area (Å²) in [5.74, 6) is 0.550. The van der Waals surface area contributed by atoms with Crippen LogP contribution in [-0.4, -0.2) is 25.9 Å². The number of nitrogens with one attached hydrogen (secondary N) is 1. The summed E-state index contributed by atoms with van der Waals surface area (Å²) in [6.45, 7) is 0.849. The maximum atomic E-state index is 11.6. The molecule has 1 aromatic rings. The second kappa shape index (κ2) is 6.40. The summed E-state index contributed by atoms with van der Waals surface area (Å²) in [7, 11) is 1.65. The van der Waals surface area contributed by atoms with Crippen molar-refractivity contribution >= 4 is 6.09 Å². The van der Waals surface area contributed by atoms with Crippen molar-refractivity contribution in [2.75, 3.05) is 13.7 Å². The molecular weight excluding hydrogens is 230 g/mol. The lowest BCUT2D eigenvalue weighted by Gasteiger charge is -2.17. The summed E-state index contributed by atoms with van der Waals surface area (Å²) in [5.41, 5.74) is 0.988. The standard InChI is InChI=1S/C14H19NO3/c1-17-10-13(12-7-8-12)15-14(16)18-9-11-5-3-2-4-6-11/h2-6,12-13H,7-10H2,1H3,(H,15,16)/t13-/m1/s1. The van der Waals surface area contributed by atoms with Gasteiger partial charge in [-0.2, -0.15) is 0 Å². The molecule has 0 unspecified atom stereocenters. The zero-order chi connectivity index (χ0) is 12.8. The predicted octanol–water partition coefficient (Wildman–Crippen LogP) is 2.34. The fourth-order valence-corrected chi connectivity index (χ4v) is 1.89. The second-order valence-corrected chi connectivity index (χ2v) is 4.61. The number of carbonyl (C=O) groups excluding carboxylic acids is 1. The molecule has 1 aliphatic rings. The fraction of sp³-hybridized carbons (Fsp3) is 0.500. The molecule has 1 aromatic carbocycles. The van der Waals surface area contributed by atoms with E-state index in [4.69, 9.17) is 9.47 Å². The van der Waals surface area contributed by atoms with E-state index in [0.29, 0.717) is 19.1 Å². The monoisotopic (exact) mass is 249 g/mol. The number of hydrogen-bond acceptors (Lipinski definition) is 3. The van der Waals surface area contributed by atoms with Gasteiger partial charge < -0.3 is 14.8 Å². The highest BCUT2D eigenvalue weighted by atomic mass is 16.5. The minimum absolute atomic E-state index is 0.0817. The average Bonchev–Trinajstić information content (AvgIpc) is 3.21. The number of carbonyl (C=O) groups is 1. The highest BCUT2D eigenvalue weighted by Gasteiger charge is 2.32. The number of alkyl carbamates (subject to hydrolysis) is 1. The first-order valence-corrected chi connectivity index (χ1v) is 6.25. The van der Waals surface area contributed by atoms with Crippen molar-refractivity contribution in [1.29, 1.82) is 0 Å². The van der Waals surface area contributed by atoms with Gasteiger partial charge in [-0.3, -0.25) is 0 Å². The highest BCUT2D eigenvalue weighted by molar-refractivity contribution is 5.67. The summed E-state index contributed by atoms with van der Waals surface area (Å²) >= 11 is 0. The molecule has 1 aliphatic carbocycles. The molecule has 18 heavy (non-hydrogen) atoms. The first-order valence-electron chi connectivity index (χ1n) is 6.25. The maximum Gasteiger partial charge on any atom is 0.407 e. The molecule has 0 saturated heterocycles. The minimum atomic E-state index is -0.368.